The average Bonchev–Trinajstić information content (AvgIpc) is 3.18. The molecule has 8 heteroatoms. The molecule has 166 valence electrons. The van der Waals surface area contributed by atoms with Crippen LogP contribution < -0.4 is 10.5 Å². The molecule has 0 atom stereocenters. The van der Waals surface area contributed by atoms with Crippen molar-refractivity contribution in [2.24, 2.45) is 13.0 Å². The summed E-state index contributed by atoms with van der Waals surface area (Å²) < 4.78 is 17.7. The normalized spacial score (nSPS) is 14.5. The summed E-state index contributed by atoms with van der Waals surface area (Å²) in [5.41, 5.74) is 1.57. The maximum absolute atomic E-state index is 14.5. The first-order valence-electron chi connectivity index (χ1n) is 10.9. The first-order chi connectivity index (χ1) is 15.9. The third-order valence-corrected chi connectivity index (χ3v) is 6.20. The summed E-state index contributed by atoms with van der Waals surface area (Å²) in [6.07, 6.45) is 3.95. The maximum Gasteiger partial charge on any atom is 0.260 e. The van der Waals surface area contributed by atoms with Crippen LogP contribution >= 0.6 is 0 Å². The summed E-state index contributed by atoms with van der Waals surface area (Å²) in [6.45, 7) is 11.0. The standard InChI is InChI=1S/C25H23FN6O/c1-16-8-10-31(11-9-16)23-14-24(33)32(19-5-7-21-18(12-19)15-30(3)29-21)25(28-23)17-4-6-22(27-2)20(26)13-17/h4-7,12-16H,8-11H2,1,3H3. The van der Waals surface area contributed by atoms with Gasteiger partial charge in [-0.05, 0) is 43.0 Å². The van der Waals surface area contributed by atoms with Crippen LogP contribution in [0, 0.1) is 18.3 Å². The molecule has 0 bridgehead atoms. The molecule has 5 rings (SSSR count). The van der Waals surface area contributed by atoms with E-state index in [1.807, 2.05) is 31.4 Å². The van der Waals surface area contributed by atoms with Gasteiger partial charge in [-0.2, -0.15) is 5.10 Å². The molecule has 1 fully saturated rings. The third kappa shape index (κ3) is 3.87. The zero-order chi connectivity index (χ0) is 23.1. The fraction of sp³-hybridized carbons (Fsp3) is 0.280. The lowest BCUT2D eigenvalue weighted by Gasteiger charge is -2.31. The Hall–Kier alpha value is -3.99. The zero-order valence-electron chi connectivity index (χ0n) is 18.5. The fourth-order valence-electron chi connectivity index (χ4n) is 4.33. The molecule has 0 amide bonds. The quantitative estimate of drug-likeness (QED) is 0.431. The van der Waals surface area contributed by atoms with Gasteiger partial charge in [-0.1, -0.05) is 19.1 Å². The number of nitrogens with zero attached hydrogens (tertiary/aromatic N) is 6. The lowest BCUT2D eigenvalue weighted by Crippen LogP contribution is -2.35. The highest BCUT2D eigenvalue weighted by atomic mass is 19.1. The van der Waals surface area contributed by atoms with E-state index in [2.05, 4.69) is 21.8 Å². The van der Waals surface area contributed by atoms with Crippen LogP contribution in [0.15, 0.2) is 53.5 Å². The van der Waals surface area contributed by atoms with Gasteiger partial charge < -0.3 is 4.90 Å². The molecule has 0 saturated carbocycles. The number of aromatic nitrogens is 4. The van der Waals surface area contributed by atoms with E-state index in [9.17, 15) is 9.18 Å². The van der Waals surface area contributed by atoms with Crippen LogP contribution in [0.3, 0.4) is 0 Å². The average molecular weight is 442 g/mol. The Kier molecular flexibility index (Phi) is 5.17. The van der Waals surface area contributed by atoms with Gasteiger partial charge in [0.25, 0.3) is 5.56 Å². The first kappa shape index (κ1) is 20.9. The molecule has 1 aliphatic heterocycles. The van der Waals surface area contributed by atoms with Crippen LogP contribution in [0.5, 0.6) is 0 Å². The number of fused-ring (bicyclic) bond motifs is 1. The number of hydrogen-bond donors (Lipinski definition) is 0. The molecular formula is C25H23FN6O. The van der Waals surface area contributed by atoms with Crippen LogP contribution in [0.4, 0.5) is 15.9 Å². The van der Waals surface area contributed by atoms with E-state index in [-0.39, 0.29) is 11.2 Å². The van der Waals surface area contributed by atoms with Crippen molar-refractivity contribution in [2.75, 3.05) is 18.0 Å². The van der Waals surface area contributed by atoms with E-state index in [1.165, 1.54) is 16.7 Å². The van der Waals surface area contributed by atoms with Crippen molar-refractivity contribution < 1.29 is 4.39 Å². The number of halogens is 1. The highest BCUT2D eigenvalue weighted by molar-refractivity contribution is 5.81. The molecule has 0 radical (unpaired) electrons. The smallest absolute Gasteiger partial charge is 0.260 e. The monoisotopic (exact) mass is 442 g/mol. The van der Waals surface area contributed by atoms with Crippen LogP contribution in [-0.2, 0) is 7.05 Å². The Morgan fingerprint density at radius 1 is 1.12 bits per heavy atom. The van der Waals surface area contributed by atoms with Crippen molar-refractivity contribution in [3.8, 4) is 17.1 Å². The van der Waals surface area contributed by atoms with Crippen LogP contribution in [0.2, 0.25) is 0 Å². The highest BCUT2D eigenvalue weighted by Gasteiger charge is 2.21. The van der Waals surface area contributed by atoms with Crippen LogP contribution in [0.25, 0.3) is 32.8 Å². The molecule has 2 aromatic carbocycles. The lowest BCUT2D eigenvalue weighted by atomic mass is 9.99. The van der Waals surface area contributed by atoms with E-state index in [1.54, 1.807) is 16.8 Å². The Bertz CT molecular complexity index is 1460. The molecule has 1 saturated heterocycles. The summed E-state index contributed by atoms with van der Waals surface area (Å²) in [4.78, 5) is 23.6. The Morgan fingerprint density at radius 3 is 2.64 bits per heavy atom. The second-order valence-corrected chi connectivity index (χ2v) is 8.61. The van der Waals surface area contributed by atoms with E-state index in [0.29, 0.717) is 28.8 Å². The van der Waals surface area contributed by atoms with E-state index in [4.69, 9.17) is 11.6 Å². The maximum atomic E-state index is 14.5. The number of anilines is 1. The van der Waals surface area contributed by atoms with Gasteiger partial charge in [0.05, 0.1) is 17.8 Å². The Labute approximate surface area is 190 Å². The van der Waals surface area contributed by atoms with Gasteiger partial charge in [-0.15, -0.1) is 0 Å². The fourth-order valence-corrected chi connectivity index (χ4v) is 4.33. The molecule has 7 nitrogen and oxygen atoms in total. The first-order valence-corrected chi connectivity index (χ1v) is 10.9. The highest BCUT2D eigenvalue weighted by Crippen LogP contribution is 2.29. The predicted octanol–water partition coefficient (Wildman–Crippen LogP) is 4.71. The second-order valence-electron chi connectivity index (χ2n) is 8.61. The van der Waals surface area contributed by atoms with Crippen LogP contribution in [0.1, 0.15) is 19.8 Å². The minimum atomic E-state index is -0.636. The molecule has 0 aliphatic carbocycles. The Balaban J connectivity index is 1.71. The third-order valence-electron chi connectivity index (χ3n) is 6.20. The van der Waals surface area contributed by atoms with Crippen molar-refractivity contribution in [3.05, 3.63) is 76.2 Å². The molecule has 3 heterocycles. The molecule has 0 spiro atoms. The van der Waals surface area contributed by atoms with Gasteiger partial charge in [-0.25, -0.2) is 14.2 Å². The van der Waals surface area contributed by atoms with Crippen molar-refractivity contribution in [1.82, 2.24) is 19.3 Å². The molecule has 4 aromatic rings. The predicted molar refractivity (Wildman–Crippen MR) is 126 cm³/mol. The number of rotatable bonds is 3. The topological polar surface area (TPSA) is 60.3 Å². The summed E-state index contributed by atoms with van der Waals surface area (Å²) in [5.74, 6) is 0.941. The van der Waals surface area contributed by atoms with Gasteiger partial charge in [-0.3, -0.25) is 14.0 Å². The van der Waals surface area contributed by atoms with E-state index in [0.717, 1.165) is 36.8 Å². The number of benzene rings is 2. The van der Waals surface area contributed by atoms with Gasteiger partial charge in [0.2, 0.25) is 5.69 Å². The van der Waals surface area contributed by atoms with Gasteiger partial charge in [0.1, 0.15) is 17.5 Å². The summed E-state index contributed by atoms with van der Waals surface area (Å²) >= 11 is 0. The number of aryl methyl sites for hydroxylation is 1. The SMILES string of the molecule is [C-]#[N+]c1ccc(-c2nc(N3CCC(C)CC3)cc(=O)n2-c2ccc3nn(C)cc3c2)cc1F. The van der Waals surface area contributed by atoms with Crippen molar-refractivity contribution in [3.63, 3.8) is 0 Å². The van der Waals surface area contributed by atoms with Crippen molar-refractivity contribution >= 4 is 22.4 Å². The number of piperidine rings is 1. The van der Waals surface area contributed by atoms with Crippen molar-refractivity contribution in [1.29, 1.82) is 0 Å². The molecule has 0 N–H and O–H groups in total. The molecule has 33 heavy (non-hydrogen) atoms. The second kappa shape index (κ2) is 8.17. The minimum absolute atomic E-state index is 0.0643. The lowest BCUT2D eigenvalue weighted by molar-refractivity contribution is 0.436. The summed E-state index contributed by atoms with van der Waals surface area (Å²) in [5, 5.41) is 5.28. The summed E-state index contributed by atoms with van der Waals surface area (Å²) in [7, 11) is 1.84. The minimum Gasteiger partial charge on any atom is -0.356 e. The molecular weight excluding hydrogens is 419 g/mol. The largest absolute Gasteiger partial charge is 0.356 e. The number of hydrogen-bond acceptors (Lipinski definition) is 4. The molecule has 2 aromatic heterocycles. The summed E-state index contributed by atoms with van der Waals surface area (Å²) in [6, 6.07) is 11.4. The molecule has 0 unspecified atom stereocenters. The van der Waals surface area contributed by atoms with E-state index >= 15 is 0 Å². The molecule has 1 aliphatic rings. The van der Waals surface area contributed by atoms with Gasteiger partial charge in [0.15, 0.2) is 0 Å². The van der Waals surface area contributed by atoms with Gasteiger partial charge in [0, 0.05) is 43.4 Å². The Morgan fingerprint density at radius 2 is 1.91 bits per heavy atom. The van der Waals surface area contributed by atoms with Crippen molar-refractivity contribution in [2.45, 2.75) is 19.8 Å². The van der Waals surface area contributed by atoms with E-state index < -0.39 is 5.82 Å². The van der Waals surface area contributed by atoms with Gasteiger partial charge >= 0.3 is 0 Å². The zero-order valence-corrected chi connectivity index (χ0v) is 18.5. The van der Waals surface area contributed by atoms with Crippen LogP contribution in [-0.4, -0.2) is 32.4 Å².